The van der Waals surface area contributed by atoms with Crippen molar-refractivity contribution in [1.82, 2.24) is 9.47 Å². The molecular weight excluding hydrogens is 504 g/mol. The van der Waals surface area contributed by atoms with Crippen molar-refractivity contribution in [3.8, 4) is 6.07 Å². The number of nitriles is 1. The van der Waals surface area contributed by atoms with Crippen LogP contribution in [0.2, 0.25) is 0 Å². The van der Waals surface area contributed by atoms with Gasteiger partial charge in [-0.05, 0) is 50.2 Å². The van der Waals surface area contributed by atoms with Crippen LogP contribution < -0.4 is 10.5 Å². The number of rotatable bonds is 4. The van der Waals surface area contributed by atoms with Gasteiger partial charge in [-0.3, -0.25) is 19.1 Å². The average Bonchev–Trinajstić information content (AvgIpc) is 3.26. The lowest BCUT2D eigenvalue weighted by atomic mass is 9.91. The Morgan fingerprint density at radius 3 is 2.43 bits per heavy atom. The molecule has 3 aliphatic heterocycles. The number of pyridine rings is 1. The van der Waals surface area contributed by atoms with Gasteiger partial charge in [-0.25, -0.2) is 8.42 Å². The van der Waals surface area contributed by atoms with Crippen molar-refractivity contribution in [3.63, 3.8) is 0 Å². The summed E-state index contributed by atoms with van der Waals surface area (Å²) < 4.78 is 26.0. The highest BCUT2D eigenvalue weighted by atomic mass is 32.2. The van der Waals surface area contributed by atoms with Crippen LogP contribution in [0.25, 0.3) is 6.08 Å². The quantitative estimate of drug-likeness (QED) is 0.429. The molecule has 0 aromatic carbocycles. The van der Waals surface area contributed by atoms with E-state index in [0.29, 0.717) is 45.2 Å². The third-order valence-corrected chi connectivity index (χ3v) is 10.1. The fourth-order valence-electron chi connectivity index (χ4n) is 5.52. The van der Waals surface area contributed by atoms with Crippen molar-refractivity contribution in [2.75, 3.05) is 29.5 Å². The standard InChI is InChI=1S/C24H30N4O4S3/c1-5-27-21(26-11-14(2)8-15(3)12-26)18(16(4)19(10-25)22(27)29)9-20-23(30)28(24(33)34-20)17-6-7-35(31,32)13-17/h9,14-15,17H,5-8,11-13H2,1-4H3/b20-9-. The summed E-state index contributed by atoms with van der Waals surface area (Å²) >= 11 is 6.62. The van der Waals surface area contributed by atoms with E-state index in [2.05, 4.69) is 24.8 Å². The van der Waals surface area contributed by atoms with E-state index in [1.54, 1.807) is 17.6 Å². The highest BCUT2D eigenvalue weighted by molar-refractivity contribution is 8.26. The normalized spacial score (nSPS) is 27.6. The molecule has 3 fully saturated rings. The van der Waals surface area contributed by atoms with Gasteiger partial charge in [-0.1, -0.05) is 37.8 Å². The first-order valence-corrected chi connectivity index (χ1v) is 14.9. The fraction of sp³-hybridized carbons (Fsp3) is 0.583. The predicted molar refractivity (Wildman–Crippen MR) is 143 cm³/mol. The molecule has 11 heteroatoms. The molecule has 0 radical (unpaired) electrons. The minimum absolute atomic E-state index is 0.0509. The molecule has 0 spiro atoms. The molecule has 3 saturated heterocycles. The van der Waals surface area contributed by atoms with Crippen molar-refractivity contribution in [1.29, 1.82) is 5.26 Å². The molecule has 3 unspecified atom stereocenters. The van der Waals surface area contributed by atoms with E-state index >= 15 is 0 Å². The molecule has 3 atom stereocenters. The first-order chi connectivity index (χ1) is 16.5. The Kier molecular flexibility index (Phi) is 7.19. The Labute approximate surface area is 215 Å². The number of thioether (sulfide) groups is 1. The minimum atomic E-state index is -3.18. The van der Waals surface area contributed by atoms with Crippen LogP contribution in [0.1, 0.15) is 50.3 Å². The lowest BCUT2D eigenvalue weighted by molar-refractivity contribution is -0.123. The van der Waals surface area contributed by atoms with E-state index in [1.165, 1.54) is 4.90 Å². The molecule has 188 valence electrons. The third-order valence-electron chi connectivity index (χ3n) is 7.00. The van der Waals surface area contributed by atoms with E-state index in [4.69, 9.17) is 12.2 Å². The van der Waals surface area contributed by atoms with Crippen molar-refractivity contribution < 1.29 is 13.2 Å². The average molecular weight is 535 g/mol. The first kappa shape index (κ1) is 25.9. The molecule has 1 aromatic rings. The SMILES string of the molecule is CCn1c(N2CC(C)CC(C)C2)c(/C=C2\SC(=S)N(C3CCS(=O)(=O)C3)C2=O)c(C)c(C#N)c1=O. The van der Waals surface area contributed by atoms with Crippen LogP contribution in [0.15, 0.2) is 9.70 Å². The van der Waals surface area contributed by atoms with Gasteiger partial charge in [0.25, 0.3) is 11.5 Å². The van der Waals surface area contributed by atoms with Gasteiger partial charge in [0.15, 0.2) is 9.84 Å². The minimum Gasteiger partial charge on any atom is -0.357 e. The summed E-state index contributed by atoms with van der Waals surface area (Å²) in [4.78, 5) is 30.6. The number of aromatic nitrogens is 1. The lowest BCUT2D eigenvalue weighted by Crippen LogP contribution is -2.43. The number of piperidine rings is 1. The summed E-state index contributed by atoms with van der Waals surface area (Å²) in [6.07, 6.45) is 3.21. The Bertz CT molecular complexity index is 1320. The highest BCUT2D eigenvalue weighted by Gasteiger charge is 2.42. The van der Waals surface area contributed by atoms with Crippen molar-refractivity contribution in [2.45, 2.75) is 53.1 Å². The monoisotopic (exact) mass is 534 g/mol. The molecule has 35 heavy (non-hydrogen) atoms. The van der Waals surface area contributed by atoms with E-state index in [9.17, 15) is 23.3 Å². The van der Waals surface area contributed by atoms with Gasteiger partial charge >= 0.3 is 0 Å². The van der Waals surface area contributed by atoms with Crippen molar-refractivity contribution in [2.24, 2.45) is 11.8 Å². The molecule has 0 N–H and O–H groups in total. The largest absolute Gasteiger partial charge is 0.357 e. The fourth-order valence-corrected chi connectivity index (χ4v) is 8.60. The third kappa shape index (κ3) is 4.80. The number of nitrogens with zero attached hydrogens (tertiary/aromatic N) is 4. The van der Waals surface area contributed by atoms with Crippen molar-refractivity contribution >= 4 is 55.9 Å². The maximum atomic E-state index is 13.4. The Balaban J connectivity index is 1.85. The summed E-state index contributed by atoms with van der Waals surface area (Å²) in [5.41, 5.74) is 0.951. The van der Waals surface area contributed by atoms with E-state index in [1.807, 2.05) is 6.92 Å². The topological polar surface area (TPSA) is 103 Å². The van der Waals surface area contributed by atoms with Crippen LogP contribution in [-0.2, 0) is 21.2 Å². The van der Waals surface area contributed by atoms with Gasteiger partial charge in [-0.15, -0.1) is 0 Å². The molecular formula is C24H30N4O4S3. The second-order valence-corrected chi connectivity index (χ2v) is 13.8. The molecule has 4 rings (SSSR count). The smallest absolute Gasteiger partial charge is 0.270 e. The van der Waals surface area contributed by atoms with Gasteiger partial charge in [0.05, 0.1) is 22.5 Å². The van der Waals surface area contributed by atoms with Gasteiger partial charge in [0.2, 0.25) is 0 Å². The van der Waals surface area contributed by atoms with Crippen LogP contribution in [0.4, 0.5) is 5.82 Å². The predicted octanol–water partition coefficient (Wildman–Crippen LogP) is 2.92. The van der Waals surface area contributed by atoms with Crippen LogP contribution in [-0.4, -0.2) is 58.7 Å². The number of thiocarbonyl (C=S) groups is 1. The summed E-state index contributed by atoms with van der Waals surface area (Å²) in [6.45, 7) is 9.94. The van der Waals surface area contributed by atoms with E-state index < -0.39 is 15.9 Å². The Morgan fingerprint density at radius 2 is 1.89 bits per heavy atom. The molecule has 1 aromatic heterocycles. The second kappa shape index (κ2) is 9.71. The molecule has 0 saturated carbocycles. The van der Waals surface area contributed by atoms with Crippen LogP contribution in [0, 0.1) is 30.1 Å². The zero-order valence-corrected chi connectivity index (χ0v) is 22.9. The van der Waals surface area contributed by atoms with Crippen LogP contribution in [0.3, 0.4) is 0 Å². The number of hydrogen-bond donors (Lipinski definition) is 0. The van der Waals surface area contributed by atoms with Gasteiger partial charge in [0.1, 0.15) is 21.8 Å². The van der Waals surface area contributed by atoms with Crippen LogP contribution in [0.5, 0.6) is 0 Å². The molecule has 3 aliphatic rings. The second-order valence-electron chi connectivity index (χ2n) is 9.86. The summed E-state index contributed by atoms with van der Waals surface area (Å²) in [5, 5.41) is 9.76. The lowest BCUT2D eigenvalue weighted by Gasteiger charge is -2.38. The highest BCUT2D eigenvalue weighted by Crippen LogP contribution is 2.39. The number of anilines is 1. The number of hydrogen-bond acceptors (Lipinski definition) is 8. The van der Waals surface area contributed by atoms with Gasteiger partial charge in [0, 0.05) is 25.2 Å². The van der Waals surface area contributed by atoms with E-state index in [-0.39, 0.29) is 28.5 Å². The number of carbonyl (C=O) groups excluding carboxylic acids is 1. The zero-order chi connectivity index (χ0) is 25.7. The Morgan fingerprint density at radius 1 is 1.23 bits per heavy atom. The molecule has 8 nitrogen and oxygen atoms in total. The van der Waals surface area contributed by atoms with Crippen LogP contribution >= 0.6 is 24.0 Å². The zero-order valence-electron chi connectivity index (χ0n) is 20.4. The first-order valence-electron chi connectivity index (χ1n) is 11.9. The summed E-state index contributed by atoms with van der Waals surface area (Å²) in [7, 11) is -3.18. The summed E-state index contributed by atoms with van der Waals surface area (Å²) in [5.74, 6) is 1.24. The van der Waals surface area contributed by atoms with Gasteiger partial charge in [-0.2, -0.15) is 5.26 Å². The molecule has 4 heterocycles. The number of amides is 1. The molecule has 0 bridgehead atoms. The molecule has 0 aliphatic carbocycles. The maximum Gasteiger partial charge on any atom is 0.270 e. The molecule has 1 amide bonds. The summed E-state index contributed by atoms with van der Waals surface area (Å²) in [6, 6.07) is 1.60. The Hall–Kier alpha value is -2.16. The van der Waals surface area contributed by atoms with E-state index in [0.717, 1.165) is 37.1 Å². The number of carbonyl (C=O) groups is 1. The maximum absolute atomic E-state index is 13.4. The number of sulfone groups is 1. The van der Waals surface area contributed by atoms with Gasteiger partial charge < -0.3 is 4.90 Å². The van der Waals surface area contributed by atoms with Crippen molar-refractivity contribution in [3.05, 3.63) is 31.9 Å².